The van der Waals surface area contributed by atoms with Crippen LogP contribution in [0.25, 0.3) is 21.3 Å². The Bertz CT molecular complexity index is 1170. The number of hydrogen-bond donors (Lipinski definition) is 4. The largest absolute Gasteiger partial charge is 0.394 e. The Kier molecular flexibility index (Phi) is 4.72. The Morgan fingerprint density at radius 2 is 1.87 bits per heavy atom. The van der Waals surface area contributed by atoms with E-state index in [1.54, 1.807) is 15.9 Å². The highest BCUT2D eigenvalue weighted by Gasteiger charge is 2.53. The monoisotopic (exact) mass is 426 g/mol. The minimum absolute atomic E-state index is 0.394. The average Bonchev–Trinajstić information content (AvgIpc) is 3.38. The van der Waals surface area contributed by atoms with Gasteiger partial charge in [0.1, 0.15) is 22.8 Å². The number of rotatable bonds is 5. The van der Waals surface area contributed by atoms with Gasteiger partial charge in [0, 0.05) is 0 Å². The molecule has 0 bridgehead atoms. The van der Waals surface area contributed by atoms with Gasteiger partial charge in [-0.2, -0.15) is 0 Å². The van der Waals surface area contributed by atoms with Gasteiger partial charge in [-0.05, 0) is 31.2 Å². The van der Waals surface area contributed by atoms with Crippen molar-refractivity contribution in [2.75, 3.05) is 11.9 Å². The molecule has 4 N–H and O–H groups in total. The first-order valence-electron chi connectivity index (χ1n) is 9.71. The minimum atomic E-state index is -1.61. The summed E-state index contributed by atoms with van der Waals surface area (Å²) < 4.78 is 8.70. The molecule has 8 nitrogen and oxygen atoms in total. The number of imidazole rings is 1. The topological polar surface area (TPSA) is 113 Å². The third kappa shape index (κ3) is 3.06. The first-order valence-corrected chi connectivity index (χ1v) is 10.5. The molecule has 2 aromatic carbocycles. The Morgan fingerprint density at radius 1 is 1.13 bits per heavy atom. The van der Waals surface area contributed by atoms with Crippen molar-refractivity contribution < 1.29 is 20.1 Å². The van der Waals surface area contributed by atoms with Crippen molar-refractivity contribution >= 4 is 38.5 Å². The van der Waals surface area contributed by atoms with Gasteiger partial charge in [-0.25, -0.2) is 9.97 Å². The van der Waals surface area contributed by atoms with Crippen molar-refractivity contribution in [1.29, 1.82) is 0 Å². The van der Waals surface area contributed by atoms with E-state index in [9.17, 15) is 15.3 Å². The number of anilines is 1. The number of ether oxygens (including phenoxy) is 1. The number of hydrogen-bond acceptors (Lipinski definition) is 8. The van der Waals surface area contributed by atoms with E-state index in [2.05, 4.69) is 15.3 Å². The van der Waals surface area contributed by atoms with E-state index >= 15 is 0 Å². The lowest BCUT2D eigenvalue weighted by Crippen LogP contribution is -2.44. The van der Waals surface area contributed by atoms with Crippen molar-refractivity contribution in [2.24, 2.45) is 0 Å². The van der Waals surface area contributed by atoms with E-state index in [0.29, 0.717) is 12.5 Å². The highest BCUT2D eigenvalue weighted by molar-refractivity contribution is 7.18. The summed E-state index contributed by atoms with van der Waals surface area (Å²) in [5.41, 5.74) is 0.818. The predicted molar refractivity (Wildman–Crippen MR) is 114 cm³/mol. The average molecular weight is 426 g/mol. The summed E-state index contributed by atoms with van der Waals surface area (Å²) in [5, 5.41) is 35.2. The molecule has 0 spiro atoms. The molecule has 0 amide bonds. The number of nitrogens with zero attached hydrogens (tertiary/aromatic N) is 3. The van der Waals surface area contributed by atoms with E-state index in [4.69, 9.17) is 4.74 Å². The maximum absolute atomic E-state index is 11.0. The van der Waals surface area contributed by atoms with Crippen molar-refractivity contribution in [3.8, 4) is 0 Å². The van der Waals surface area contributed by atoms with Gasteiger partial charge in [0.15, 0.2) is 6.23 Å². The van der Waals surface area contributed by atoms with Crippen LogP contribution >= 0.6 is 11.3 Å². The van der Waals surface area contributed by atoms with Crippen LogP contribution in [0.4, 0.5) is 5.95 Å². The van der Waals surface area contributed by atoms with Crippen LogP contribution in [0, 0.1) is 0 Å². The van der Waals surface area contributed by atoms with E-state index in [1.165, 1.54) is 6.92 Å². The molecule has 0 aliphatic carbocycles. The fourth-order valence-corrected chi connectivity index (χ4v) is 4.83. The quantitative estimate of drug-likeness (QED) is 0.387. The predicted octanol–water partition coefficient (Wildman–Crippen LogP) is 2.26. The molecule has 1 fully saturated rings. The van der Waals surface area contributed by atoms with E-state index < -0.39 is 30.6 Å². The summed E-state index contributed by atoms with van der Waals surface area (Å²) in [7, 11) is 0. The van der Waals surface area contributed by atoms with Crippen molar-refractivity contribution in [1.82, 2.24) is 14.5 Å². The molecular formula is C21H22N4O4S. The molecule has 4 aromatic rings. The fourth-order valence-electron chi connectivity index (χ4n) is 3.92. The fraction of sp³-hybridized carbons (Fsp3) is 0.333. The lowest BCUT2D eigenvalue weighted by Gasteiger charge is -2.28. The number of thiazole rings is 1. The second-order valence-electron chi connectivity index (χ2n) is 7.60. The summed E-state index contributed by atoms with van der Waals surface area (Å²) >= 11 is 1.60. The summed E-state index contributed by atoms with van der Waals surface area (Å²) in [5.74, 6) is 0.492. The van der Waals surface area contributed by atoms with Gasteiger partial charge in [0.2, 0.25) is 5.95 Å². The molecule has 3 heterocycles. The molecule has 0 radical (unpaired) electrons. The van der Waals surface area contributed by atoms with Crippen LogP contribution in [0.5, 0.6) is 0 Å². The Balaban J connectivity index is 1.52. The highest BCUT2D eigenvalue weighted by Crippen LogP contribution is 2.41. The molecule has 0 saturated carbocycles. The molecule has 2 aromatic heterocycles. The molecule has 156 valence electrons. The lowest BCUT2D eigenvalue weighted by atomic mass is 9.96. The van der Waals surface area contributed by atoms with Crippen molar-refractivity contribution in [3.05, 3.63) is 53.5 Å². The maximum atomic E-state index is 11.0. The van der Waals surface area contributed by atoms with E-state index in [0.717, 1.165) is 26.3 Å². The van der Waals surface area contributed by atoms with Gasteiger partial charge >= 0.3 is 0 Å². The van der Waals surface area contributed by atoms with Crippen molar-refractivity contribution in [2.45, 2.75) is 37.5 Å². The van der Waals surface area contributed by atoms with Crippen LogP contribution in [0.2, 0.25) is 0 Å². The molecular weight excluding hydrogens is 404 g/mol. The lowest BCUT2D eigenvalue weighted by molar-refractivity contribution is -0.0939. The number of fused-ring (bicyclic) bond motifs is 2. The molecule has 1 unspecified atom stereocenters. The highest BCUT2D eigenvalue weighted by atomic mass is 32.1. The summed E-state index contributed by atoms with van der Waals surface area (Å²) in [4.78, 5) is 9.30. The van der Waals surface area contributed by atoms with Gasteiger partial charge in [-0.1, -0.05) is 24.3 Å². The molecule has 5 rings (SSSR count). The standard InChI is InChI=1S/C21H22N4O4S/c1-21(28)18(27)15(11-26)29-19(21)25-14-8-4-2-6-12(14)24-20(25)22-10-17-23-13-7-3-5-9-16(13)30-17/h2-9,15,18-19,26-28H,10-11H2,1H3,(H,22,24)/t15-,18-,19-,21?/m1/s1. The van der Waals surface area contributed by atoms with Gasteiger partial charge in [-0.15, -0.1) is 11.3 Å². The van der Waals surface area contributed by atoms with Gasteiger partial charge in [0.05, 0.1) is 34.4 Å². The second kappa shape index (κ2) is 7.29. The Hall–Kier alpha value is -2.56. The zero-order valence-corrected chi connectivity index (χ0v) is 17.1. The van der Waals surface area contributed by atoms with Gasteiger partial charge < -0.3 is 25.4 Å². The van der Waals surface area contributed by atoms with Gasteiger partial charge in [0.25, 0.3) is 0 Å². The SMILES string of the molecule is CC1(O)[C@H](O)[C@@H](CO)O[C@H]1n1c(NCc2nc3ccccc3s2)nc2ccccc21. The molecule has 1 aliphatic heterocycles. The molecule has 4 atom stereocenters. The number of benzene rings is 2. The van der Waals surface area contributed by atoms with E-state index in [1.807, 2.05) is 48.5 Å². The second-order valence-corrected chi connectivity index (χ2v) is 8.72. The summed E-state index contributed by atoms with van der Waals surface area (Å²) in [6.07, 6.45) is -3.04. The smallest absolute Gasteiger partial charge is 0.206 e. The first-order chi connectivity index (χ1) is 14.5. The zero-order chi connectivity index (χ0) is 20.9. The van der Waals surface area contributed by atoms with Crippen LogP contribution in [-0.4, -0.2) is 54.3 Å². The van der Waals surface area contributed by atoms with Crippen molar-refractivity contribution in [3.63, 3.8) is 0 Å². The molecule has 30 heavy (non-hydrogen) atoms. The van der Waals surface area contributed by atoms with Crippen LogP contribution in [0.1, 0.15) is 18.2 Å². The van der Waals surface area contributed by atoms with Crippen LogP contribution in [0.15, 0.2) is 48.5 Å². The third-order valence-electron chi connectivity index (χ3n) is 5.50. The minimum Gasteiger partial charge on any atom is -0.394 e. The number of nitrogens with one attached hydrogen (secondary N) is 1. The Morgan fingerprint density at radius 3 is 2.60 bits per heavy atom. The summed E-state index contributed by atoms with van der Waals surface area (Å²) in [6.45, 7) is 1.56. The van der Waals surface area contributed by atoms with Gasteiger partial charge in [-0.3, -0.25) is 4.57 Å². The number of aromatic nitrogens is 3. The third-order valence-corrected chi connectivity index (χ3v) is 6.54. The molecule has 1 aliphatic rings. The summed E-state index contributed by atoms with van der Waals surface area (Å²) in [6, 6.07) is 15.5. The normalized spacial score (nSPS) is 26.6. The number of para-hydroxylation sites is 3. The molecule has 1 saturated heterocycles. The number of aliphatic hydroxyl groups excluding tert-OH is 2. The number of aliphatic hydroxyl groups is 3. The molecule has 9 heteroatoms. The Labute approximate surface area is 176 Å². The first kappa shape index (κ1) is 19.4. The van der Waals surface area contributed by atoms with Crippen LogP contribution < -0.4 is 5.32 Å². The van der Waals surface area contributed by atoms with E-state index in [-0.39, 0.29) is 0 Å². The zero-order valence-electron chi connectivity index (χ0n) is 16.3. The van der Waals surface area contributed by atoms with Crippen LogP contribution in [0.3, 0.4) is 0 Å². The van der Waals surface area contributed by atoms with Crippen LogP contribution in [-0.2, 0) is 11.3 Å². The maximum Gasteiger partial charge on any atom is 0.206 e.